The number of hydrogen-bond acceptors (Lipinski definition) is 2. The first-order valence-corrected chi connectivity index (χ1v) is 4.29. The van der Waals surface area contributed by atoms with Crippen LogP contribution >= 0.6 is 0 Å². The van der Waals surface area contributed by atoms with Gasteiger partial charge >= 0.3 is 5.97 Å². The van der Waals surface area contributed by atoms with Crippen LogP contribution in [-0.4, -0.2) is 13.1 Å². The summed E-state index contributed by atoms with van der Waals surface area (Å²) in [6.45, 7) is 6.29. The van der Waals surface area contributed by atoms with Gasteiger partial charge in [0, 0.05) is 6.42 Å². The molecular formula is C10H24O2. The van der Waals surface area contributed by atoms with E-state index in [9.17, 15) is 4.79 Å². The Labute approximate surface area is 77.3 Å². The molecule has 0 aliphatic carbocycles. The van der Waals surface area contributed by atoms with E-state index >= 15 is 0 Å². The Hall–Kier alpha value is -0.530. The smallest absolute Gasteiger partial charge is 0.305 e. The Morgan fingerprint density at radius 3 is 1.92 bits per heavy atom. The van der Waals surface area contributed by atoms with Gasteiger partial charge in [0.15, 0.2) is 0 Å². The Bertz CT molecular complexity index is 79.9. The van der Waals surface area contributed by atoms with Gasteiger partial charge in [0.2, 0.25) is 0 Å². The lowest BCUT2D eigenvalue weighted by Crippen LogP contribution is -1.98. The molecule has 0 heterocycles. The van der Waals surface area contributed by atoms with Crippen LogP contribution in [0.2, 0.25) is 0 Å². The van der Waals surface area contributed by atoms with Crippen LogP contribution in [0, 0.1) is 0 Å². The van der Waals surface area contributed by atoms with E-state index in [1.54, 1.807) is 0 Å². The fourth-order valence-corrected chi connectivity index (χ4v) is 0.423. The van der Waals surface area contributed by atoms with E-state index in [4.69, 9.17) is 0 Å². The number of methoxy groups -OCH3 is 1. The van der Waals surface area contributed by atoms with Gasteiger partial charge in [0.05, 0.1) is 7.11 Å². The predicted molar refractivity (Wildman–Crippen MR) is 54.2 cm³/mol. The summed E-state index contributed by atoms with van der Waals surface area (Å²) in [5.41, 5.74) is 0. The molecule has 76 valence electrons. The molecule has 0 saturated carbocycles. The molecule has 0 aliphatic rings. The lowest BCUT2D eigenvalue weighted by molar-refractivity contribution is -0.140. The molecule has 0 aliphatic heterocycles. The second-order valence-electron chi connectivity index (χ2n) is 2.39. The Kier molecular flexibility index (Phi) is 24.6. The SMILES string of the molecule is C.CCC.CCCCC(=O)OC. The van der Waals surface area contributed by atoms with Crippen LogP contribution in [0.4, 0.5) is 0 Å². The largest absolute Gasteiger partial charge is 0.469 e. The molecule has 0 bridgehead atoms. The second-order valence-corrected chi connectivity index (χ2v) is 2.39. The predicted octanol–water partition coefficient (Wildman–Crippen LogP) is 3.40. The van der Waals surface area contributed by atoms with E-state index in [1.165, 1.54) is 13.5 Å². The minimum absolute atomic E-state index is 0. The topological polar surface area (TPSA) is 26.3 Å². The minimum atomic E-state index is -0.105. The lowest BCUT2D eigenvalue weighted by atomic mass is 10.3. The Balaban J connectivity index is -0.000000177. The van der Waals surface area contributed by atoms with Crippen molar-refractivity contribution in [2.75, 3.05) is 7.11 Å². The summed E-state index contributed by atoms with van der Waals surface area (Å²) < 4.78 is 4.41. The molecule has 0 aromatic rings. The lowest BCUT2D eigenvalue weighted by Gasteiger charge is -1.93. The molecule has 0 aromatic carbocycles. The molecule has 0 saturated heterocycles. The van der Waals surface area contributed by atoms with E-state index < -0.39 is 0 Å². The number of hydrogen-bond donors (Lipinski definition) is 0. The van der Waals surface area contributed by atoms with Crippen LogP contribution < -0.4 is 0 Å². The molecule has 0 spiro atoms. The molecule has 0 aromatic heterocycles. The number of carbonyl (C=O) groups excluding carboxylic acids is 1. The summed E-state index contributed by atoms with van der Waals surface area (Å²) in [4.78, 5) is 10.3. The first-order chi connectivity index (χ1) is 5.22. The highest BCUT2D eigenvalue weighted by Gasteiger charge is 1.95. The molecule has 0 fully saturated rings. The van der Waals surface area contributed by atoms with Gasteiger partial charge in [-0.2, -0.15) is 0 Å². The normalized spacial score (nSPS) is 7.33. The van der Waals surface area contributed by atoms with Gasteiger partial charge in [-0.05, 0) is 6.42 Å². The number of carbonyl (C=O) groups is 1. The third-order valence-electron chi connectivity index (χ3n) is 0.962. The van der Waals surface area contributed by atoms with E-state index in [1.807, 2.05) is 6.92 Å². The van der Waals surface area contributed by atoms with E-state index in [-0.39, 0.29) is 13.4 Å². The molecule has 0 atom stereocenters. The van der Waals surface area contributed by atoms with Crippen molar-refractivity contribution in [2.45, 2.75) is 53.9 Å². The zero-order chi connectivity index (χ0) is 9.11. The molecular weight excluding hydrogens is 152 g/mol. The van der Waals surface area contributed by atoms with Crippen LogP contribution in [0.1, 0.15) is 53.9 Å². The minimum Gasteiger partial charge on any atom is -0.469 e. The van der Waals surface area contributed by atoms with Gasteiger partial charge in [-0.25, -0.2) is 0 Å². The number of unbranched alkanes of at least 4 members (excludes halogenated alkanes) is 1. The van der Waals surface area contributed by atoms with Crippen molar-refractivity contribution in [3.63, 3.8) is 0 Å². The highest BCUT2D eigenvalue weighted by atomic mass is 16.5. The van der Waals surface area contributed by atoms with Gasteiger partial charge in [-0.1, -0.05) is 41.0 Å². The van der Waals surface area contributed by atoms with Crippen molar-refractivity contribution in [1.82, 2.24) is 0 Å². The van der Waals surface area contributed by atoms with Crippen molar-refractivity contribution < 1.29 is 9.53 Å². The maximum atomic E-state index is 10.3. The highest BCUT2D eigenvalue weighted by molar-refractivity contribution is 5.68. The van der Waals surface area contributed by atoms with Crippen molar-refractivity contribution in [1.29, 1.82) is 0 Å². The van der Waals surface area contributed by atoms with E-state index in [0.29, 0.717) is 6.42 Å². The van der Waals surface area contributed by atoms with Crippen LogP contribution in [0.25, 0.3) is 0 Å². The van der Waals surface area contributed by atoms with Gasteiger partial charge in [-0.3, -0.25) is 4.79 Å². The maximum Gasteiger partial charge on any atom is 0.305 e. The molecule has 0 N–H and O–H groups in total. The monoisotopic (exact) mass is 176 g/mol. The molecule has 0 radical (unpaired) electrons. The van der Waals surface area contributed by atoms with Crippen molar-refractivity contribution in [3.8, 4) is 0 Å². The standard InChI is InChI=1S/C6H12O2.C3H8.CH4/c1-3-4-5-6(7)8-2;1-3-2;/h3-5H2,1-2H3;3H2,1-2H3;1H4. The van der Waals surface area contributed by atoms with Gasteiger partial charge in [0.1, 0.15) is 0 Å². The van der Waals surface area contributed by atoms with Crippen LogP contribution in [-0.2, 0) is 9.53 Å². The molecule has 0 unspecified atom stereocenters. The average Bonchev–Trinajstić information content (AvgIpc) is 2.02. The van der Waals surface area contributed by atoms with Crippen LogP contribution in [0.15, 0.2) is 0 Å². The average molecular weight is 176 g/mol. The van der Waals surface area contributed by atoms with Gasteiger partial charge in [-0.15, -0.1) is 0 Å². The van der Waals surface area contributed by atoms with Crippen LogP contribution in [0.3, 0.4) is 0 Å². The van der Waals surface area contributed by atoms with E-state index in [2.05, 4.69) is 18.6 Å². The molecule has 12 heavy (non-hydrogen) atoms. The van der Waals surface area contributed by atoms with Gasteiger partial charge < -0.3 is 4.74 Å². The van der Waals surface area contributed by atoms with Crippen molar-refractivity contribution in [2.24, 2.45) is 0 Å². The first kappa shape index (κ1) is 17.5. The third-order valence-corrected chi connectivity index (χ3v) is 0.962. The number of ether oxygens (including phenoxy) is 1. The fraction of sp³-hybridized carbons (Fsp3) is 0.900. The fourth-order valence-electron chi connectivity index (χ4n) is 0.423. The second kappa shape index (κ2) is 16.8. The summed E-state index contributed by atoms with van der Waals surface area (Å²) in [5, 5.41) is 0. The summed E-state index contributed by atoms with van der Waals surface area (Å²) in [6.07, 6.45) is 3.80. The van der Waals surface area contributed by atoms with E-state index in [0.717, 1.165) is 12.8 Å². The summed E-state index contributed by atoms with van der Waals surface area (Å²) in [6, 6.07) is 0. The van der Waals surface area contributed by atoms with Crippen LogP contribution in [0.5, 0.6) is 0 Å². The third kappa shape index (κ3) is 22.7. The summed E-state index contributed by atoms with van der Waals surface area (Å²) in [7, 11) is 1.41. The maximum absolute atomic E-state index is 10.3. The van der Waals surface area contributed by atoms with Gasteiger partial charge in [0.25, 0.3) is 0 Å². The summed E-state index contributed by atoms with van der Waals surface area (Å²) in [5.74, 6) is -0.105. The number of esters is 1. The number of rotatable bonds is 3. The summed E-state index contributed by atoms with van der Waals surface area (Å²) >= 11 is 0. The zero-order valence-corrected chi connectivity index (χ0v) is 8.14. The first-order valence-electron chi connectivity index (χ1n) is 4.29. The van der Waals surface area contributed by atoms with Crippen molar-refractivity contribution in [3.05, 3.63) is 0 Å². The molecule has 0 rings (SSSR count). The molecule has 2 heteroatoms. The Morgan fingerprint density at radius 2 is 1.67 bits per heavy atom. The van der Waals surface area contributed by atoms with Crippen molar-refractivity contribution >= 4 is 5.97 Å². The quantitative estimate of drug-likeness (QED) is 0.616. The molecule has 2 nitrogen and oxygen atoms in total. The molecule has 0 amide bonds. The highest BCUT2D eigenvalue weighted by Crippen LogP contribution is 1.94. The Morgan fingerprint density at radius 1 is 1.25 bits per heavy atom. The zero-order valence-electron chi connectivity index (χ0n) is 8.14.